The van der Waals surface area contributed by atoms with Crippen molar-refractivity contribution in [2.24, 2.45) is 0 Å². The van der Waals surface area contributed by atoms with Crippen LogP contribution in [0.1, 0.15) is 69.7 Å². The van der Waals surface area contributed by atoms with Gasteiger partial charge in [0.05, 0.1) is 0 Å². The summed E-state index contributed by atoms with van der Waals surface area (Å²) < 4.78 is 18.9. The van der Waals surface area contributed by atoms with Crippen molar-refractivity contribution in [3.63, 3.8) is 0 Å². The molecule has 0 saturated carbocycles. The first-order valence-corrected chi connectivity index (χ1v) is 19.5. The molecule has 3 rings (SSSR count). The van der Waals surface area contributed by atoms with Gasteiger partial charge in [-0.15, -0.1) is 0 Å². The molecule has 6 heteroatoms. The van der Waals surface area contributed by atoms with Gasteiger partial charge in [-0.3, -0.25) is 0 Å². The third kappa shape index (κ3) is 5.47. The van der Waals surface area contributed by atoms with Crippen molar-refractivity contribution in [1.82, 2.24) is 9.55 Å². The van der Waals surface area contributed by atoms with Crippen LogP contribution < -0.4 is 8.45 Å². The van der Waals surface area contributed by atoms with Crippen molar-refractivity contribution in [2.75, 3.05) is 13.7 Å². The number of esters is 1. The Balaban J connectivity index is 2.04. The van der Waals surface area contributed by atoms with Gasteiger partial charge in [-0.25, -0.2) is 0 Å². The fourth-order valence-corrected chi connectivity index (χ4v) is 20.0. The second kappa shape index (κ2) is 11.4. The van der Waals surface area contributed by atoms with E-state index >= 15 is 0 Å². The molecular formula is C25H38N2O3Sn. The number of benzene rings is 1. The second-order valence-electron chi connectivity index (χ2n) is 8.79. The third-order valence-corrected chi connectivity index (χ3v) is 21.6. The van der Waals surface area contributed by atoms with E-state index in [4.69, 9.17) is 14.5 Å². The number of nitrogens with zero attached hydrogens (tertiary/aromatic N) is 2. The fourth-order valence-electron chi connectivity index (χ4n) is 4.69. The zero-order chi connectivity index (χ0) is 22.3. The molecule has 2 aromatic rings. The molecule has 0 bridgehead atoms. The minimum atomic E-state index is -2.60. The van der Waals surface area contributed by atoms with Gasteiger partial charge in [0.1, 0.15) is 0 Å². The zero-order valence-electron chi connectivity index (χ0n) is 19.7. The molecule has 1 aromatic carbocycles. The average molecular weight is 533 g/mol. The van der Waals surface area contributed by atoms with E-state index in [2.05, 4.69) is 31.5 Å². The van der Waals surface area contributed by atoms with Gasteiger partial charge in [-0.2, -0.15) is 0 Å². The number of methoxy groups -OCH3 is 1. The van der Waals surface area contributed by atoms with E-state index in [1.807, 2.05) is 12.1 Å². The first-order chi connectivity index (χ1) is 15.1. The zero-order valence-corrected chi connectivity index (χ0v) is 22.6. The van der Waals surface area contributed by atoms with E-state index < -0.39 is 18.4 Å². The standard InChI is InChI=1S/C13H11N2O3.3C4H9.Sn/c1-17-13(16)9-2-3-10-11(8-9)18-7-6-15-5-4-14-12(10)15;3*1-3-4-2;/h2-3,5,8H,6-7H2,1H3;3*1,3-4H2,2H3;. The van der Waals surface area contributed by atoms with E-state index in [9.17, 15) is 4.79 Å². The molecule has 0 N–H and O–H groups in total. The maximum atomic E-state index is 12.0. The van der Waals surface area contributed by atoms with Crippen LogP contribution >= 0.6 is 0 Å². The number of carbonyl (C=O) groups is 1. The second-order valence-corrected chi connectivity index (χ2v) is 21.8. The van der Waals surface area contributed by atoms with Gasteiger partial charge >= 0.3 is 192 Å². The molecule has 2 heterocycles. The van der Waals surface area contributed by atoms with Gasteiger partial charge in [0, 0.05) is 0 Å². The number of fused-ring (bicyclic) bond motifs is 3. The predicted octanol–water partition coefficient (Wildman–Crippen LogP) is 5.79. The summed E-state index contributed by atoms with van der Waals surface area (Å²) in [5.74, 6) is 1.40. The van der Waals surface area contributed by atoms with E-state index in [-0.39, 0.29) is 5.97 Å². The van der Waals surface area contributed by atoms with Gasteiger partial charge in [0.15, 0.2) is 0 Å². The summed E-state index contributed by atoms with van der Waals surface area (Å²) in [6.45, 7) is 8.31. The molecule has 0 saturated heterocycles. The Morgan fingerprint density at radius 3 is 2.32 bits per heavy atom. The number of ether oxygens (including phenoxy) is 2. The number of rotatable bonds is 11. The van der Waals surface area contributed by atoms with Crippen molar-refractivity contribution in [3.8, 4) is 17.1 Å². The number of imidazole rings is 1. The summed E-state index contributed by atoms with van der Waals surface area (Å²) in [5.41, 5.74) is 1.50. The van der Waals surface area contributed by atoms with Crippen molar-refractivity contribution in [2.45, 2.75) is 79.2 Å². The maximum absolute atomic E-state index is 12.0. The normalized spacial score (nSPS) is 13.2. The van der Waals surface area contributed by atoms with Gasteiger partial charge in [0.25, 0.3) is 0 Å². The van der Waals surface area contributed by atoms with Gasteiger partial charge in [-0.05, 0) is 0 Å². The van der Waals surface area contributed by atoms with Gasteiger partial charge in [0.2, 0.25) is 0 Å². The van der Waals surface area contributed by atoms with Crippen LogP contribution in [0, 0.1) is 0 Å². The van der Waals surface area contributed by atoms with Crippen LogP contribution in [0.2, 0.25) is 13.3 Å². The molecular weight excluding hydrogens is 495 g/mol. The Bertz CT molecular complexity index is 856. The predicted molar refractivity (Wildman–Crippen MR) is 129 cm³/mol. The van der Waals surface area contributed by atoms with E-state index in [1.165, 1.54) is 62.7 Å². The first kappa shape index (κ1) is 24.1. The van der Waals surface area contributed by atoms with Crippen molar-refractivity contribution in [3.05, 3.63) is 30.0 Å². The first-order valence-electron chi connectivity index (χ1n) is 12.0. The average Bonchev–Trinajstić information content (AvgIpc) is 3.15. The minimum absolute atomic E-state index is 0.339. The monoisotopic (exact) mass is 534 g/mol. The number of hydrogen-bond acceptors (Lipinski definition) is 4. The number of hydrogen-bond donors (Lipinski definition) is 0. The summed E-state index contributed by atoms with van der Waals surface area (Å²) in [4.78, 5) is 17.3. The number of unbranched alkanes of at least 4 members (excludes halogenated alkanes) is 3. The van der Waals surface area contributed by atoms with E-state index in [0.29, 0.717) is 12.2 Å². The SMILES string of the molecule is CCC[CH2][Sn]([CH2]CCC)([CH2]CCC)[c]1cn2c(n1)-c1ccc(C(=O)OC)cc1OCC2. The molecule has 170 valence electrons. The van der Waals surface area contributed by atoms with Crippen LogP contribution in [0.25, 0.3) is 11.4 Å². The van der Waals surface area contributed by atoms with Crippen LogP contribution in [0.15, 0.2) is 24.4 Å². The molecule has 0 spiro atoms. The van der Waals surface area contributed by atoms with E-state index in [1.54, 1.807) is 6.07 Å². The summed E-state index contributed by atoms with van der Waals surface area (Å²) >= 11 is -2.60. The molecule has 0 radical (unpaired) electrons. The molecule has 5 nitrogen and oxygen atoms in total. The fraction of sp³-hybridized carbons (Fsp3) is 0.600. The molecule has 0 unspecified atom stereocenters. The van der Waals surface area contributed by atoms with Crippen molar-refractivity contribution in [1.29, 1.82) is 0 Å². The number of aromatic nitrogens is 2. The molecule has 1 aromatic heterocycles. The molecule has 0 aliphatic carbocycles. The Morgan fingerprint density at radius 2 is 1.74 bits per heavy atom. The quantitative estimate of drug-likeness (QED) is 0.271. The molecule has 0 atom stereocenters. The van der Waals surface area contributed by atoms with Crippen molar-refractivity contribution < 1.29 is 14.3 Å². The van der Waals surface area contributed by atoms with Crippen LogP contribution in [-0.4, -0.2) is 47.6 Å². The Labute approximate surface area is 191 Å². The molecule has 31 heavy (non-hydrogen) atoms. The topological polar surface area (TPSA) is 53.4 Å². The summed E-state index contributed by atoms with van der Waals surface area (Å²) in [5, 5.41) is 0. The van der Waals surface area contributed by atoms with Crippen LogP contribution in [-0.2, 0) is 11.3 Å². The van der Waals surface area contributed by atoms with Gasteiger partial charge in [-0.1, -0.05) is 0 Å². The molecule has 1 aliphatic rings. The Hall–Kier alpha value is -1.50. The summed E-state index contributed by atoms with van der Waals surface area (Å²) in [7, 11) is 1.41. The van der Waals surface area contributed by atoms with Crippen LogP contribution in [0.5, 0.6) is 5.75 Å². The van der Waals surface area contributed by atoms with Crippen LogP contribution in [0.3, 0.4) is 0 Å². The Morgan fingerprint density at radius 1 is 1.10 bits per heavy atom. The third-order valence-electron chi connectivity index (χ3n) is 6.58. The Kier molecular flexibility index (Phi) is 8.87. The van der Waals surface area contributed by atoms with Gasteiger partial charge < -0.3 is 0 Å². The van der Waals surface area contributed by atoms with Crippen molar-refractivity contribution >= 4 is 28.1 Å². The molecule has 0 amide bonds. The molecule has 0 fully saturated rings. The van der Waals surface area contributed by atoms with E-state index in [0.717, 1.165) is 23.7 Å². The molecule has 1 aliphatic heterocycles. The summed E-state index contributed by atoms with van der Waals surface area (Å²) in [6.07, 6.45) is 10.1. The van der Waals surface area contributed by atoms with Crippen LogP contribution in [0.4, 0.5) is 0 Å². The number of carbonyl (C=O) groups excluding carboxylic acids is 1. The summed E-state index contributed by atoms with van der Waals surface area (Å²) in [6, 6.07) is 5.59.